The molecule has 0 aliphatic carbocycles. The molecule has 0 bridgehead atoms. The van der Waals surface area contributed by atoms with Gasteiger partial charge in [-0.3, -0.25) is 0 Å². The summed E-state index contributed by atoms with van der Waals surface area (Å²) in [5, 5.41) is 1.54. The molecule has 0 aliphatic heterocycles. The second-order valence-corrected chi connectivity index (χ2v) is 3.76. The number of fused-ring (bicyclic) bond motifs is 1. The van der Waals surface area contributed by atoms with Crippen molar-refractivity contribution in [2.45, 2.75) is 0 Å². The number of ether oxygens (including phenoxy) is 1. The lowest BCUT2D eigenvalue weighted by atomic mass is 10.2. The molecule has 0 spiro atoms. The Kier molecular flexibility index (Phi) is 3.06. The first-order valence-corrected chi connectivity index (χ1v) is 5.65. The molecule has 15 heavy (non-hydrogen) atoms. The summed E-state index contributed by atoms with van der Waals surface area (Å²) >= 11 is 3.26. The van der Waals surface area contributed by atoms with Crippen molar-refractivity contribution in [1.82, 2.24) is 0 Å². The zero-order valence-electron chi connectivity index (χ0n) is 7.90. The molecule has 1 aromatic carbocycles. The van der Waals surface area contributed by atoms with Crippen LogP contribution in [0, 0.1) is 0 Å². The Bertz CT molecular complexity index is 518. The summed E-state index contributed by atoms with van der Waals surface area (Å²) in [7, 11) is 0. The molecule has 2 rings (SSSR count). The average molecular weight is 269 g/mol. The van der Waals surface area contributed by atoms with Crippen molar-refractivity contribution in [3.63, 3.8) is 0 Å². The third kappa shape index (κ3) is 2.21. The molecular formula is C11H9BrO3. The van der Waals surface area contributed by atoms with Crippen LogP contribution in [0.2, 0.25) is 0 Å². The second kappa shape index (κ2) is 4.49. The fourth-order valence-electron chi connectivity index (χ4n) is 1.35. The molecule has 0 unspecified atom stereocenters. The fraction of sp³-hybridized carbons (Fsp3) is 0.182. The van der Waals surface area contributed by atoms with E-state index in [-0.39, 0.29) is 0 Å². The first-order valence-electron chi connectivity index (χ1n) is 4.53. The van der Waals surface area contributed by atoms with Crippen LogP contribution in [-0.2, 0) is 0 Å². The maximum atomic E-state index is 11.2. The number of halogens is 1. The van der Waals surface area contributed by atoms with Gasteiger partial charge < -0.3 is 9.15 Å². The highest BCUT2D eigenvalue weighted by atomic mass is 79.9. The summed E-state index contributed by atoms with van der Waals surface area (Å²) in [5.41, 5.74) is 0.160. The summed E-state index contributed by atoms with van der Waals surface area (Å²) in [6.07, 6.45) is 0. The van der Waals surface area contributed by atoms with E-state index >= 15 is 0 Å². The van der Waals surface area contributed by atoms with Crippen molar-refractivity contribution in [2.24, 2.45) is 0 Å². The molecule has 0 radical (unpaired) electrons. The molecule has 4 heteroatoms. The van der Waals surface area contributed by atoms with Gasteiger partial charge in [0, 0.05) is 5.33 Å². The molecule has 78 valence electrons. The van der Waals surface area contributed by atoms with Crippen molar-refractivity contribution >= 4 is 26.9 Å². The van der Waals surface area contributed by atoms with Crippen LogP contribution in [-0.4, -0.2) is 11.9 Å². The highest BCUT2D eigenvalue weighted by Gasteiger charge is 2.04. The number of hydrogen-bond donors (Lipinski definition) is 0. The van der Waals surface area contributed by atoms with Gasteiger partial charge in [-0.05, 0) is 12.1 Å². The molecule has 0 atom stereocenters. The standard InChI is InChI=1S/C11H9BrO3/c12-5-6-14-10-7-11(13)15-9-4-2-1-3-8(9)10/h1-4,7H,5-6H2. The molecular weight excluding hydrogens is 260 g/mol. The van der Waals surface area contributed by atoms with Crippen molar-refractivity contribution in [2.75, 3.05) is 11.9 Å². The van der Waals surface area contributed by atoms with Crippen LogP contribution in [0.25, 0.3) is 11.0 Å². The van der Waals surface area contributed by atoms with E-state index in [0.717, 1.165) is 10.7 Å². The summed E-state index contributed by atoms with van der Waals surface area (Å²) < 4.78 is 10.5. The van der Waals surface area contributed by atoms with Crippen molar-refractivity contribution in [1.29, 1.82) is 0 Å². The number of benzene rings is 1. The molecule has 0 fully saturated rings. The molecule has 0 N–H and O–H groups in total. The lowest BCUT2D eigenvalue weighted by Crippen LogP contribution is -2.03. The van der Waals surface area contributed by atoms with Crippen molar-refractivity contribution in [3.05, 3.63) is 40.8 Å². The monoisotopic (exact) mass is 268 g/mol. The normalized spacial score (nSPS) is 10.5. The van der Waals surface area contributed by atoms with Gasteiger partial charge in [-0.2, -0.15) is 0 Å². The SMILES string of the molecule is O=c1cc(OCCBr)c2ccccc2o1. The summed E-state index contributed by atoms with van der Waals surface area (Å²) in [4.78, 5) is 11.2. The molecule has 0 saturated carbocycles. The molecule has 2 aromatic rings. The minimum Gasteiger partial charge on any atom is -0.492 e. The van der Waals surface area contributed by atoms with Crippen LogP contribution in [0.15, 0.2) is 39.5 Å². The molecule has 0 amide bonds. The van der Waals surface area contributed by atoms with E-state index in [1.54, 1.807) is 6.07 Å². The molecule has 3 nitrogen and oxygen atoms in total. The van der Waals surface area contributed by atoms with Gasteiger partial charge >= 0.3 is 5.63 Å². The molecule has 1 aromatic heterocycles. The van der Waals surface area contributed by atoms with E-state index in [1.165, 1.54) is 6.07 Å². The first-order chi connectivity index (χ1) is 7.31. The molecule has 1 heterocycles. The van der Waals surface area contributed by atoms with Crippen LogP contribution in [0.5, 0.6) is 5.75 Å². The van der Waals surface area contributed by atoms with Crippen molar-refractivity contribution in [3.8, 4) is 5.75 Å². The van der Waals surface area contributed by atoms with E-state index < -0.39 is 5.63 Å². The van der Waals surface area contributed by atoms with Gasteiger partial charge in [0.05, 0.1) is 18.1 Å². The Hall–Kier alpha value is -1.29. The van der Waals surface area contributed by atoms with Crippen LogP contribution >= 0.6 is 15.9 Å². The predicted molar refractivity (Wildman–Crippen MR) is 61.8 cm³/mol. The zero-order valence-corrected chi connectivity index (χ0v) is 9.49. The third-order valence-corrected chi connectivity index (χ3v) is 2.27. The molecule has 0 saturated heterocycles. The summed E-state index contributed by atoms with van der Waals surface area (Å²) in [6.45, 7) is 0.521. The predicted octanol–water partition coefficient (Wildman–Crippen LogP) is 2.57. The van der Waals surface area contributed by atoms with E-state index in [0.29, 0.717) is 17.9 Å². The van der Waals surface area contributed by atoms with Crippen LogP contribution in [0.4, 0.5) is 0 Å². The van der Waals surface area contributed by atoms with Gasteiger partial charge in [-0.25, -0.2) is 4.79 Å². The van der Waals surface area contributed by atoms with Crippen LogP contribution in [0.3, 0.4) is 0 Å². The summed E-state index contributed by atoms with van der Waals surface area (Å²) in [6, 6.07) is 8.67. The maximum Gasteiger partial charge on any atom is 0.339 e. The van der Waals surface area contributed by atoms with E-state index in [1.807, 2.05) is 18.2 Å². The maximum absolute atomic E-state index is 11.2. The quantitative estimate of drug-likeness (QED) is 0.635. The second-order valence-electron chi connectivity index (χ2n) is 2.96. The largest absolute Gasteiger partial charge is 0.492 e. The van der Waals surface area contributed by atoms with E-state index in [2.05, 4.69) is 15.9 Å². The minimum absolute atomic E-state index is 0.390. The fourth-order valence-corrected chi connectivity index (χ4v) is 1.51. The van der Waals surface area contributed by atoms with E-state index in [9.17, 15) is 4.79 Å². The summed E-state index contributed by atoms with van der Waals surface area (Å²) in [5.74, 6) is 0.571. The lowest BCUT2D eigenvalue weighted by molar-refractivity contribution is 0.345. The highest BCUT2D eigenvalue weighted by Crippen LogP contribution is 2.22. The van der Waals surface area contributed by atoms with Gasteiger partial charge in [-0.1, -0.05) is 28.1 Å². The Morgan fingerprint density at radius 1 is 1.33 bits per heavy atom. The minimum atomic E-state index is -0.390. The number of hydrogen-bond acceptors (Lipinski definition) is 3. The third-order valence-electron chi connectivity index (χ3n) is 1.95. The Balaban J connectivity index is 2.55. The average Bonchev–Trinajstić information content (AvgIpc) is 2.25. The Labute approximate surface area is 94.8 Å². The lowest BCUT2D eigenvalue weighted by Gasteiger charge is -2.05. The first kappa shape index (κ1) is 10.2. The van der Waals surface area contributed by atoms with Gasteiger partial charge in [0.1, 0.15) is 11.3 Å². The van der Waals surface area contributed by atoms with Gasteiger partial charge in [0.2, 0.25) is 0 Å². The van der Waals surface area contributed by atoms with Crippen LogP contribution < -0.4 is 10.4 Å². The smallest absolute Gasteiger partial charge is 0.339 e. The zero-order chi connectivity index (χ0) is 10.7. The Morgan fingerprint density at radius 2 is 2.13 bits per heavy atom. The van der Waals surface area contributed by atoms with Gasteiger partial charge in [0.15, 0.2) is 0 Å². The van der Waals surface area contributed by atoms with E-state index in [4.69, 9.17) is 9.15 Å². The van der Waals surface area contributed by atoms with Crippen molar-refractivity contribution < 1.29 is 9.15 Å². The number of alkyl halides is 1. The van der Waals surface area contributed by atoms with Crippen LogP contribution in [0.1, 0.15) is 0 Å². The molecule has 0 aliphatic rings. The van der Waals surface area contributed by atoms with Gasteiger partial charge in [0.25, 0.3) is 0 Å². The number of para-hydroxylation sites is 1. The van der Waals surface area contributed by atoms with Gasteiger partial charge in [-0.15, -0.1) is 0 Å². The highest BCUT2D eigenvalue weighted by molar-refractivity contribution is 9.09. The topological polar surface area (TPSA) is 39.4 Å². The Morgan fingerprint density at radius 3 is 2.93 bits per heavy atom. The number of rotatable bonds is 3.